The summed E-state index contributed by atoms with van der Waals surface area (Å²) in [4.78, 5) is 11.2. The number of hydrogen-bond donors (Lipinski definition) is 2. The van der Waals surface area contributed by atoms with Gasteiger partial charge in [0.1, 0.15) is 0 Å². The van der Waals surface area contributed by atoms with Crippen LogP contribution in [0.25, 0.3) is 0 Å². The minimum Gasteiger partial charge on any atom is -0.381 e. The molecule has 0 saturated carbocycles. The van der Waals surface area contributed by atoms with E-state index in [1.165, 1.54) is 5.56 Å². The van der Waals surface area contributed by atoms with E-state index in [2.05, 4.69) is 17.6 Å². The molecule has 19 heavy (non-hydrogen) atoms. The van der Waals surface area contributed by atoms with Crippen molar-refractivity contribution in [1.82, 2.24) is 9.88 Å². The molecule has 3 N–H and O–H groups in total. The average Bonchev–Trinajstić information content (AvgIpc) is 2.81. The summed E-state index contributed by atoms with van der Waals surface area (Å²) in [5.41, 5.74) is 6.58. The molecule has 1 amide bonds. The van der Waals surface area contributed by atoms with Gasteiger partial charge in [-0.3, -0.25) is 4.79 Å². The summed E-state index contributed by atoms with van der Waals surface area (Å²) in [6.45, 7) is 2.34. The molecular formula is C14H23N3O2. The molecule has 0 spiro atoms. The average molecular weight is 265 g/mol. The van der Waals surface area contributed by atoms with Crippen LogP contribution >= 0.6 is 0 Å². The van der Waals surface area contributed by atoms with E-state index >= 15 is 0 Å². The number of nitrogens with zero attached hydrogens (tertiary/aromatic N) is 1. The first-order valence-corrected chi connectivity index (χ1v) is 6.85. The molecule has 1 aromatic rings. The Morgan fingerprint density at radius 3 is 2.89 bits per heavy atom. The number of aryl methyl sites for hydroxylation is 1. The molecule has 106 valence electrons. The highest BCUT2D eigenvalue weighted by atomic mass is 16.5. The topological polar surface area (TPSA) is 69.3 Å². The summed E-state index contributed by atoms with van der Waals surface area (Å²) in [6.07, 6.45) is 6.50. The van der Waals surface area contributed by atoms with Crippen molar-refractivity contribution in [3.8, 4) is 0 Å². The Kier molecular flexibility index (Phi) is 4.99. The number of ether oxygens (including phenoxy) is 1. The Balaban J connectivity index is 1.90. The number of aromatic nitrogens is 1. The predicted octanol–water partition coefficient (Wildman–Crippen LogP) is 0.785. The lowest BCUT2D eigenvalue weighted by Crippen LogP contribution is -2.41. The lowest BCUT2D eigenvalue weighted by molar-refractivity contribution is -0.119. The minimum atomic E-state index is -0.239. The molecule has 1 unspecified atom stereocenters. The smallest absolute Gasteiger partial charge is 0.218 e. The number of amides is 1. The van der Waals surface area contributed by atoms with Crippen LogP contribution in [0.1, 0.15) is 24.8 Å². The summed E-state index contributed by atoms with van der Waals surface area (Å²) >= 11 is 0. The Bertz CT molecular complexity index is 411. The van der Waals surface area contributed by atoms with Crippen molar-refractivity contribution in [2.45, 2.75) is 31.8 Å². The first-order valence-electron chi connectivity index (χ1n) is 6.85. The number of rotatable bonds is 6. The summed E-state index contributed by atoms with van der Waals surface area (Å²) < 4.78 is 7.40. The zero-order valence-electron chi connectivity index (χ0n) is 11.5. The van der Waals surface area contributed by atoms with Gasteiger partial charge in [0, 0.05) is 51.7 Å². The van der Waals surface area contributed by atoms with E-state index < -0.39 is 0 Å². The van der Waals surface area contributed by atoms with Gasteiger partial charge in [0.05, 0.1) is 0 Å². The van der Waals surface area contributed by atoms with E-state index in [-0.39, 0.29) is 11.9 Å². The Morgan fingerprint density at radius 1 is 1.58 bits per heavy atom. The number of carbonyl (C=O) groups excluding carboxylic acids is 1. The first kappa shape index (κ1) is 14.1. The standard InChI is InChI=1S/C14H23N3O2/c1-17-5-2-11(10-17)9-16-13(8-14(15)18)12-3-6-19-7-4-12/h2,5,10,12-13,16H,3-4,6-9H2,1H3,(H2,15,18). The Morgan fingerprint density at radius 2 is 2.32 bits per heavy atom. The second-order valence-electron chi connectivity index (χ2n) is 5.29. The SMILES string of the molecule is Cn1ccc(CNC(CC(N)=O)C2CCOCC2)c1. The van der Waals surface area contributed by atoms with Crippen molar-refractivity contribution in [1.29, 1.82) is 0 Å². The highest BCUT2D eigenvalue weighted by molar-refractivity contribution is 5.74. The van der Waals surface area contributed by atoms with Gasteiger partial charge < -0.3 is 20.4 Å². The molecule has 0 radical (unpaired) electrons. The first-order chi connectivity index (χ1) is 9.15. The molecule has 5 nitrogen and oxygen atoms in total. The molecule has 0 bridgehead atoms. The number of nitrogens with one attached hydrogen (secondary N) is 1. The normalized spacial score (nSPS) is 18.4. The van der Waals surface area contributed by atoms with Crippen LogP contribution in [0.2, 0.25) is 0 Å². The highest BCUT2D eigenvalue weighted by Crippen LogP contribution is 2.21. The van der Waals surface area contributed by atoms with E-state index in [0.29, 0.717) is 12.3 Å². The van der Waals surface area contributed by atoms with Crippen LogP contribution in [0.5, 0.6) is 0 Å². The van der Waals surface area contributed by atoms with E-state index in [0.717, 1.165) is 32.6 Å². The number of nitrogens with two attached hydrogens (primary N) is 1. The maximum atomic E-state index is 11.2. The quantitative estimate of drug-likeness (QED) is 0.799. The van der Waals surface area contributed by atoms with E-state index in [9.17, 15) is 4.79 Å². The third-order valence-corrected chi connectivity index (χ3v) is 3.72. The summed E-state index contributed by atoms with van der Waals surface area (Å²) in [6, 6.07) is 2.24. The fourth-order valence-electron chi connectivity index (χ4n) is 2.65. The third kappa shape index (κ3) is 4.36. The fourth-order valence-corrected chi connectivity index (χ4v) is 2.65. The van der Waals surface area contributed by atoms with Gasteiger partial charge in [0.2, 0.25) is 5.91 Å². The lowest BCUT2D eigenvalue weighted by atomic mass is 9.89. The van der Waals surface area contributed by atoms with Crippen LogP contribution in [0.15, 0.2) is 18.5 Å². The fraction of sp³-hybridized carbons (Fsp3) is 0.643. The molecular weight excluding hydrogens is 242 g/mol. The molecule has 1 fully saturated rings. The number of primary amides is 1. The Hall–Kier alpha value is -1.33. The summed E-state index contributed by atoms with van der Waals surface area (Å²) in [5, 5.41) is 3.48. The second-order valence-corrected chi connectivity index (χ2v) is 5.29. The van der Waals surface area contributed by atoms with Crippen LogP contribution in [0.3, 0.4) is 0 Å². The molecule has 1 aliphatic heterocycles. The van der Waals surface area contributed by atoms with Crippen molar-refractivity contribution >= 4 is 5.91 Å². The van der Waals surface area contributed by atoms with Gasteiger partial charge in [-0.1, -0.05) is 0 Å². The lowest BCUT2D eigenvalue weighted by Gasteiger charge is -2.30. The van der Waals surface area contributed by atoms with Crippen molar-refractivity contribution in [3.05, 3.63) is 24.0 Å². The molecule has 2 heterocycles. The highest BCUT2D eigenvalue weighted by Gasteiger charge is 2.25. The van der Waals surface area contributed by atoms with Crippen LogP contribution in [-0.4, -0.2) is 29.7 Å². The molecule has 1 saturated heterocycles. The van der Waals surface area contributed by atoms with Gasteiger partial charge in [0.15, 0.2) is 0 Å². The zero-order chi connectivity index (χ0) is 13.7. The maximum absolute atomic E-state index is 11.2. The molecule has 2 rings (SSSR count). The Labute approximate surface area is 114 Å². The predicted molar refractivity (Wildman–Crippen MR) is 73.4 cm³/mol. The van der Waals surface area contributed by atoms with Crippen molar-refractivity contribution in [3.63, 3.8) is 0 Å². The van der Waals surface area contributed by atoms with E-state index in [4.69, 9.17) is 10.5 Å². The van der Waals surface area contributed by atoms with E-state index in [1.54, 1.807) is 0 Å². The van der Waals surface area contributed by atoms with Gasteiger partial charge in [-0.25, -0.2) is 0 Å². The molecule has 0 aromatic carbocycles. The monoisotopic (exact) mass is 265 g/mol. The molecule has 1 aromatic heterocycles. The van der Waals surface area contributed by atoms with Gasteiger partial charge in [-0.2, -0.15) is 0 Å². The van der Waals surface area contributed by atoms with Crippen LogP contribution in [-0.2, 0) is 23.1 Å². The number of carbonyl (C=O) groups is 1. The third-order valence-electron chi connectivity index (χ3n) is 3.72. The van der Waals surface area contributed by atoms with Gasteiger partial charge in [-0.05, 0) is 30.4 Å². The van der Waals surface area contributed by atoms with Gasteiger partial charge in [-0.15, -0.1) is 0 Å². The molecule has 0 aliphatic carbocycles. The van der Waals surface area contributed by atoms with Gasteiger partial charge >= 0.3 is 0 Å². The van der Waals surface area contributed by atoms with E-state index in [1.807, 2.05) is 17.8 Å². The van der Waals surface area contributed by atoms with Crippen molar-refractivity contribution in [2.75, 3.05) is 13.2 Å². The summed E-state index contributed by atoms with van der Waals surface area (Å²) in [7, 11) is 2.00. The molecule has 1 atom stereocenters. The van der Waals surface area contributed by atoms with Crippen LogP contribution in [0, 0.1) is 5.92 Å². The van der Waals surface area contributed by atoms with Crippen molar-refractivity contribution < 1.29 is 9.53 Å². The maximum Gasteiger partial charge on any atom is 0.218 e. The van der Waals surface area contributed by atoms with Crippen LogP contribution in [0.4, 0.5) is 0 Å². The minimum absolute atomic E-state index is 0.154. The molecule has 5 heteroatoms. The second kappa shape index (κ2) is 6.73. The molecule has 1 aliphatic rings. The zero-order valence-corrected chi connectivity index (χ0v) is 11.5. The summed E-state index contributed by atoms with van der Waals surface area (Å²) in [5.74, 6) is 0.238. The van der Waals surface area contributed by atoms with Crippen LogP contribution < -0.4 is 11.1 Å². The van der Waals surface area contributed by atoms with Gasteiger partial charge in [0.25, 0.3) is 0 Å². The largest absolute Gasteiger partial charge is 0.381 e. The number of hydrogen-bond acceptors (Lipinski definition) is 3. The van der Waals surface area contributed by atoms with Crippen molar-refractivity contribution in [2.24, 2.45) is 18.7 Å².